The lowest BCUT2D eigenvalue weighted by atomic mass is 10.5. The highest BCUT2D eigenvalue weighted by molar-refractivity contribution is 9.11. The first-order valence-corrected chi connectivity index (χ1v) is 6.16. The van der Waals surface area contributed by atoms with Crippen LogP contribution in [0.4, 0.5) is 0 Å². The van der Waals surface area contributed by atoms with Gasteiger partial charge in [0.25, 0.3) is 10.0 Å². The molecule has 0 bridgehead atoms. The Morgan fingerprint density at radius 3 is 2.50 bits per heavy atom. The van der Waals surface area contributed by atoms with Crippen molar-refractivity contribution in [2.24, 2.45) is 0 Å². The number of rotatable bonds is 3. The second-order valence-corrected chi connectivity index (χ2v) is 6.15. The fourth-order valence-electron chi connectivity index (χ4n) is 0.690. The van der Waals surface area contributed by atoms with Crippen molar-refractivity contribution in [3.63, 3.8) is 0 Å². The number of carbonyl (C=O) groups is 1. The normalized spacial score (nSPS) is 11.6. The summed E-state index contributed by atoms with van der Waals surface area (Å²) in [5.74, 6) is -1.23. The summed E-state index contributed by atoms with van der Waals surface area (Å²) in [7, 11) is -4.04. The minimum Gasteiger partial charge on any atom is -0.477 e. The molecule has 78 valence electrons. The predicted molar refractivity (Wildman–Crippen MR) is 51.1 cm³/mol. The lowest BCUT2D eigenvalue weighted by Crippen LogP contribution is -2.19. The van der Waals surface area contributed by atoms with Crippen LogP contribution in [0.3, 0.4) is 0 Å². The summed E-state index contributed by atoms with van der Waals surface area (Å²) < 4.78 is 22.3. The van der Waals surface area contributed by atoms with Gasteiger partial charge >= 0.3 is 5.97 Å². The van der Waals surface area contributed by atoms with Crippen LogP contribution in [0, 0.1) is 0 Å². The van der Waals surface area contributed by atoms with Gasteiger partial charge in [-0.2, -0.15) is 0 Å². The largest absolute Gasteiger partial charge is 0.477 e. The van der Waals surface area contributed by atoms with E-state index in [0.29, 0.717) is 0 Å². The molecule has 0 aliphatic heterocycles. The van der Waals surface area contributed by atoms with Gasteiger partial charge in [0.15, 0.2) is 0 Å². The molecule has 0 spiro atoms. The average molecular weight is 302 g/mol. The molecule has 0 radical (unpaired) electrons. The van der Waals surface area contributed by atoms with Crippen molar-refractivity contribution in [2.75, 3.05) is 0 Å². The number of carboxylic acids is 1. The summed E-state index contributed by atoms with van der Waals surface area (Å²) in [4.78, 5) is 11.2. The minimum atomic E-state index is -4.04. The van der Waals surface area contributed by atoms with Crippen LogP contribution in [0.15, 0.2) is 14.7 Å². The van der Waals surface area contributed by atoms with Gasteiger partial charge in [0.2, 0.25) is 0 Å². The Morgan fingerprint density at radius 1 is 1.57 bits per heavy atom. The van der Waals surface area contributed by atoms with Crippen molar-refractivity contribution >= 4 is 43.3 Å². The first-order valence-electron chi connectivity index (χ1n) is 3.07. The Balaban J connectivity index is 3.31. The van der Waals surface area contributed by atoms with E-state index in [1.54, 1.807) is 0 Å². The number of aromatic carboxylic acids is 1. The summed E-state index contributed by atoms with van der Waals surface area (Å²) in [5.41, 5.74) is 0. The van der Waals surface area contributed by atoms with Crippen LogP contribution in [0.25, 0.3) is 0 Å². The number of hydrogen-bond donors (Lipinski definition) is 3. The van der Waals surface area contributed by atoms with E-state index in [9.17, 15) is 13.2 Å². The number of carboxylic acid groups (broad SMARTS) is 1. The highest BCUT2D eigenvalue weighted by Gasteiger charge is 2.22. The third-order valence-corrected chi connectivity index (χ3v) is 4.63. The molecular weight excluding hydrogens is 298 g/mol. The minimum absolute atomic E-state index is 0.122. The van der Waals surface area contributed by atoms with Crippen LogP contribution in [0.5, 0.6) is 0 Å². The van der Waals surface area contributed by atoms with E-state index in [4.69, 9.17) is 10.3 Å². The molecule has 0 unspecified atom stereocenters. The molecular formula is C5H4BrNO5S2. The van der Waals surface area contributed by atoms with E-state index in [-0.39, 0.29) is 13.6 Å². The van der Waals surface area contributed by atoms with E-state index in [2.05, 4.69) is 15.9 Å². The molecule has 6 nitrogen and oxygen atoms in total. The summed E-state index contributed by atoms with van der Waals surface area (Å²) in [5, 5.41) is 16.9. The van der Waals surface area contributed by atoms with Crippen LogP contribution in [0.2, 0.25) is 0 Å². The van der Waals surface area contributed by atoms with E-state index in [1.807, 2.05) is 0 Å². The Hall–Kier alpha value is -0.480. The molecule has 0 saturated heterocycles. The molecule has 1 heterocycles. The highest BCUT2D eigenvalue weighted by Crippen LogP contribution is 2.31. The van der Waals surface area contributed by atoms with Gasteiger partial charge < -0.3 is 10.3 Å². The molecule has 9 heteroatoms. The molecule has 1 aromatic rings. The maximum absolute atomic E-state index is 11.1. The number of hydrogen-bond acceptors (Lipinski definition) is 5. The van der Waals surface area contributed by atoms with Gasteiger partial charge in [0.05, 0.1) is 3.79 Å². The zero-order valence-electron chi connectivity index (χ0n) is 6.39. The molecule has 0 aliphatic carbocycles. The van der Waals surface area contributed by atoms with Gasteiger partial charge in [-0.05, 0) is 22.0 Å². The topological polar surface area (TPSA) is 104 Å². The lowest BCUT2D eigenvalue weighted by molar-refractivity contribution is 0.0702. The fourth-order valence-corrected chi connectivity index (χ4v) is 3.69. The van der Waals surface area contributed by atoms with Crippen molar-refractivity contribution in [2.45, 2.75) is 4.90 Å². The molecule has 0 aliphatic rings. The molecule has 0 aromatic carbocycles. The fraction of sp³-hybridized carbons (Fsp3) is 0. The van der Waals surface area contributed by atoms with Gasteiger partial charge in [-0.25, -0.2) is 13.2 Å². The van der Waals surface area contributed by atoms with Gasteiger partial charge in [-0.1, -0.05) is 4.89 Å². The van der Waals surface area contributed by atoms with Crippen molar-refractivity contribution < 1.29 is 23.5 Å². The molecule has 0 fully saturated rings. The van der Waals surface area contributed by atoms with Gasteiger partial charge in [0.1, 0.15) is 9.77 Å². The summed E-state index contributed by atoms with van der Waals surface area (Å²) in [6.45, 7) is 0. The SMILES string of the molecule is O=C(O)c1cc(S(=O)(=O)NO)c(Br)s1. The molecule has 14 heavy (non-hydrogen) atoms. The van der Waals surface area contributed by atoms with Gasteiger partial charge in [0, 0.05) is 0 Å². The zero-order valence-corrected chi connectivity index (χ0v) is 9.61. The molecule has 1 rings (SSSR count). The van der Waals surface area contributed by atoms with Gasteiger partial charge in [-0.3, -0.25) is 0 Å². The van der Waals surface area contributed by atoms with E-state index in [1.165, 1.54) is 0 Å². The van der Waals surface area contributed by atoms with E-state index in [0.717, 1.165) is 22.3 Å². The number of nitrogens with one attached hydrogen (secondary N) is 1. The summed E-state index contributed by atoms with van der Waals surface area (Å²) >= 11 is 3.64. The number of sulfonamides is 1. The zero-order chi connectivity index (χ0) is 10.9. The molecule has 0 amide bonds. The predicted octanol–water partition coefficient (Wildman–Crippen LogP) is 0.876. The maximum Gasteiger partial charge on any atom is 0.345 e. The van der Waals surface area contributed by atoms with Crippen molar-refractivity contribution in [1.82, 2.24) is 4.89 Å². The Labute approximate surface area is 91.3 Å². The lowest BCUT2D eigenvalue weighted by Gasteiger charge is -1.96. The average Bonchev–Trinajstić information content (AvgIpc) is 2.48. The third kappa shape index (κ3) is 2.12. The Morgan fingerprint density at radius 2 is 2.14 bits per heavy atom. The van der Waals surface area contributed by atoms with Crippen LogP contribution in [-0.4, -0.2) is 24.7 Å². The summed E-state index contributed by atoms with van der Waals surface area (Å²) in [6, 6.07) is 0.954. The Kier molecular flexibility index (Phi) is 3.27. The van der Waals surface area contributed by atoms with Crippen molar-refractivity contribution in [1.29, 1.82) is 0 Å². The molecule has 1 aromatic heterocycles. The van der Waals surface area contributed by atoms with Crippen molar-refractivity contribution in [3.8, 4) is 0 Å². The smallest absolute Gasteiger partial charge is 0.345 e. The summed E-state index contributed by atoms with van der Waals surface area (Å²) in [6.07, 6.45) is 0. The highest BCUT2D eigenvalue weighted by atomic mass is 79.9. The maximum atomic E-state index is 11.1. The number of thiophene rings is 1. The Bertz CT molecular complexity index is 464. The standard InChI is InChI=1S/C5H4BrNO5S2/c6-4-3(14(11,12)7-10)1-2(13-4)5(8)9/h1,7,10H,(H,8,9). The molecule has 0 atom stereocenters. The first-order chi connectivity index (χ1) is 6.38. The first kappa shape index (κ1) is 11.6. The van der Waals surface area contributed by atoms with Crippen LogP contribution in [-0.2, 0) is 10.0 Å². The van der Waals surface area contributed by atoms with Crippen LogP contribution >= 0.6 is 27.3 Å². The third-order valence-electron chi connectivity index (χ3n) is 1.28. The second kappa shape index (κ2) is 3.95. The quantitative estimate of drug-likeness (QED) is 0.719. The van der Waals surface area contributed by atoms with Crippen molar-refractivity contribution in [3.05, 3.63) is 14.7 Å². The van der Waals surface area contributed by atoms with Crippen LogP contribution < -0.4 is 4.89 Å². The van der Waals surface area contributed by atoms with Crippen LogP contribution in [0.1, 0.15) is 9.67 Å². The monoisotopic (exact) mass is 301 g/mol. The molecule has 0 saturated carbocycles. The van der Waals surface area contributed by atoms with Gasteiger partial charge in [-0.15, -0.1) is 11.3 Å². The second-order valence-electron chi connectivity index (χ2n) is 2.15. The number of halogens is 1. The van der Waals surface area contributed by atoms with E-state index >= 15 is 0 Å². The molecule has 3 N–H and O–H groups in total. The van der Waals surface area contributed by atoms with E-state index < -0.39 is 16.0 Å².